The molecule has 1 unspecified atom stereocenters. The fourth-order valence-corrected chi connectivity index (χ4v) is 2.92. The first-order chi connectivity index (χ1) is 8.54. The molecule has 1 saturated heterocycles. The van der Waals surface area contributed by atoms with E-state index in [-0.39, 0.29) is 0 Å². The zero-order valence-electron chi connectivity index (χ0n) is 13.1. The van der Waals surface area contributed by atoms with Crippen molar-refractivity contribution in [1.29, 1.82) is 0 Å². The topological polar surface area (TPSA) is 18.5 Å². The van der Waals surface area contributed by atoms with E-state index in [1.165, 1.54) is 45.6 Å². The summed E-state index contributed by atoms with van der Waals surface area (Å²) in [6.07, 6.45) is 2.56. The molecule has 0 aromatic rings. The number of likely N-dealkylation sites (tertiary alicyclic amines) is 1. The molecule has 0 aromatic carbocycles. The Balaban J connectivity index is 2.24. The lowest BCUT2D eigenvalue weighted by atomic mass is 10.2. The Morgan fingerprint density at radius 1 is 1.22 bits per heavy atom. The van der Waals surface area contributed by atoms with Gasteiger partial charge in [0, 0.05) is 37.8 Å². The van der Waals surface area contributed by atoms with Crippen LogP contribution < -0.4 is 5.32 Å². The van der Waals surface area contributed by atoms with E-state index in [0.29, 0.717) is 12.1 Å². The highest BCUT2D eigenvalue weighted by molar-refractivity contribution is 4.81. The van der Waals surface area contributed by atoms with E-state index >= 15 is 0 Å². The Hall–Kier alpha value is -0.120. The van der Waals surface area contributed by atoms with Gasteiger partial charge in [0.15, 0.2) is 0 Å². The van der Waals surface area contributed by atoms with Gasteiger partial charge in [0.05, 0.1) is 0 Å². The molecule has 0 aliphatic carbocycles. The Labute approximate surface area is 114 Å². The lowest BCUT2D eigenvalue weighted by molar-refractivity contribution is 0.151. The van der Waals surface area contributed by atoms with Gasteiger partial charge in [-0.3, -0.25) is 4.90 Å². The van der Waals surface area contributed by atoms with Crippen molar-refractivity contribution in [2.45, 2.75) is 65.6 Å². The molecule has 3 heteroatoms. The third kappa shape index (κ3) is 5.25. The summed E-state index contributed by atoms with van der Waals surface area (Å²) >= 11 is 0. The summed E-state index contributed by atoms with van der Waals surface area (Å²) in [6, 6.07) is 2.04. The average molecular weight is 255 g/mol. The van der Waals surface area contributed by atoms with Crippen LogP contribution in [-0.4, -0.2) is 60.6 Å². The predicted octanol–water partition coefficient (Wildman–Crippen LogP) is 2.18. The van der Waals surface area contributed by atoms with Gasteiger partial charge in [-0.05, 0) is 53.6 Å². The standard InChI is InChI=1S/C15H33N3/c1-6-8-16-15-7-9-17(12-15)10-11-18(13(2)3)14(4)5/h13-16H,6-12H2,1-5H3. The van der Waals surface area contributed by atoms with Gasteiger partial charge in [0.25, 0.3) is 0 Å². The van der Waals surface area contributed by atoms with Gasteiger partial charge in [-0.2, -0.15) is 0 Å². The molecule has 1 atom stereocenters. The zero-order chi connectivity index (χ0) is 13.5. The summed E-state index contributed by atoms with van der Waals surface area (Å²) in [5, 5.41) is 3.64. The Morgan fingerprint density at radius 2 is 1.89 bits per heavy atom. The molecule has 1 aliphatic heterocycles. The molecule has 108 valence electrons. The van der Waals surface area contributed by atoms with Crippen LogP contribution in [0.5, 0.6) is 0 Å². The van der Waals surface area contributed by atoms with E-state index in [2.05, 4.69) is 49.7 Å². The van der Waals surface area contributed by atoms with Crippen molar-refractivity contribution in [2.75, 3.05) is 32.7 Å². The van der Waals surface area contributed by atoms with Crippen LogP contribution in [0.4, 0.5) is 0 Å². The van der Waals surface area contributed by atoms with Crippen molar-refractivity contribution in [3.8, 4) is 0 Å². The lowest BCUT2D eigenvalue weighted by Crippen LogP contribution is -2.42. The second-order valence-electron chi connectivity index (χ2n) is 6.17. The summed E-state index contributed by atoms with van der Waals surface area (Å²) < 4.78 is 0. The minimum Gasteiger partial charge on any atom is -0.313 e. The molecular weight excluding hydrogens is 222 g/mol. The van der Waals surface area contributed by atoms with Gasteiger partial charge in [-0.25, -0.2) is 0 Å². The monoisotopic (exact) mass is 255 g/mol. The largest absolute Gasteiger partial charge is 0.313 e. The number of nitrogens with one attached hydrogen (secondary N) is 1. The van der Waals surface area contributed by atoms with Crippen molar-refractivity contribution in [3.63, 3.8) is 0 Å². The van der Waals surface area contributed by atoms with Crippen LogP contribution in [0, 0.1) is 0 Å². The van der Waals surface area contributed by atoms with E-state index in [1.54, 1.807) is 0 Å². The van der Waals surface area contributed by atoms with Crippen molar-refractivity contribution in [2.24, 2.45) is 0 Å². The molecule has 1 heterocycles. The lowest BCUT2D eigenvalue weighted by Gasteiger charge is -2.32. The maximum absolute atomic E-state index is 3.64. The summed E-state index contributed by atoms with van der Waals surface area (Å²) in [7, 11) is 0. The molecule has 0 radical (unpaired) electrons. The van der Waals surface area contributed by atoms with Gasteiger partial charge in [0.1, 0.15) is 0 Å². The third-order valence-corrected chi connectivity index (χ3v) is 3.96. The van der Waals surface area contributed by atoms with Crippen LogP contribution in [0.3, 0.4) is 0 Å². The van der Waals surface area contributed by atoms with Gasteiger partial charge in [-0.15, -0.1) is 0 Å². The van der Waals surface area contributed by atoms with Crippen molar-refractivity contribution < 1.29 is 0 Å². The second kappa shape index (κ2) is 8.13. The zero-order valence-corrected chi connectivity index (χ0v) is 13.1. The van der Waals surface area contributed by atoms with E-state index in [9.17, 15) is 0 Å². The smallest absolute Gasteiger partial charge is 0.0207 e. The number of hydrogen-bond donors (Lipinski definition) is 1. The highest BCUT2D eigenvalue weighted by Gasteiger charge is 2.22. The highest BCUT2D eigenvalue weighted by atomic mass is 15.2. The van der Waals surface area contributed by atoms with Crippen LogP contribution in [0.25, 0.3) is 0 Å². The molecule has 0 bridgehead atoms. The van der Waals surface area contributed by atoms with Gasteiger partial charge in [0.2, 0.25) is 0 Å². The summed E-state index contributed by atoms with van der Waals surface area (Å²) in [4.78, 5) is 5.21. The number of hydrogen-bond acceptors (Lipinski definition) is 3. The normalized spacial score (nSPS) is 21.7. The first-order valence-corrected chi connectivity index (χ1v) is 7.76. The molecule has 1 rings (SSSR count). The van der Waals surface area contributed by atoms with Crippen LogP contribution >= 0.6 is 0 Å². The van der Waals surface area contributed by atoms with E-state index < -0.39 is 0 Å². The van der Waals surface area contributed by atoms with Gasteiger partial charge < -0.3 is 10.2 Å². The second-order valence-corrected chi connectivity index (χ2v) is 6.17. The Bertz CT molecular complexity index is 208. The van der Waals surface area contributed by atoms with E-state index in [0.717, 1.165) is 6.04 Å². The minimum absolute atomic E-state index is 0.654. The molecule has 0 spiro atoms. The fraction of sp³-hybridized carbons (Fsp3) is 1.00. The van der Waals surface area contributed by atoms with Gasteiger partial charge >= 0.3 is 0 Å². The minimum atomic E-state index is 0.654. The van der Waals surface area contributed by atoms with Gasteiger partial charge in [-0.1, -0.05) is 6.92 Å². The average Bonchev–Trinajstić information content (AvgIpc) is 2.73. The highest BCUT2D eigenvalue weighted by Crippen LogP contribution is 2.11. The molecule has 1 fully saturated rings. The summed E-state index contributed by atoms with van der Waals surface area (Å²) in [5.74, 6) is 0. The first-order valence-electron chi connectivity index (χ1n) is 7.76. The van der Waals surface area contributed by atoms with Crippen LogP contribution in [0.15, 0.2) is 0 Å². The SMILES string of the molecule is CCCNC1CCN(CCN(C(C)C)C(C)C)C1. The molecule has 1 aliphatic rings. The maximum Gasteiger partial charge on any atom is 0.0207 e. The van der Waals surface area contributed by atoms with E-state index in [1.807, 2.05) is 0 Å². The predicted molar refractivity (Wildman–Crippen MR) is 80.1 cm³/mol. The van der Waals surface area contributed by atoms with Crippen LogP contribution in [0.2, 0.25) is 0 Å². The van der Waals surface area contributed by atoms with Crippen molar-refractivity contribution in [1.82, 2.24) is 15.1 Å². The molecule has 0 saturated carbocycles. The summed E-state index contributed by atoms with van der Waals surface area (Å²) in [5.41, 5.74) is 0. The number of rotatable bonds is 8. The molecule has 1 N–H and O–H groups in total. The Morgan fingerprint density at radius 3 is 2.44 bits per heavy atom. The summed E-state index contributed by atoms with van der Waals surface area (Å²) in [6.45, 7) is 17.5. The third-order valence-electron chi connectivity index (χ3n) is 3.96. The first kappa shape index (κ1) is 15.9. The van der Waals surface area contributed by atoms with Crippen molar-refractivity contribution in [3.05, 3.63) is 0 Å². The molecule has 3 nitrogen and oxygen atoms in total. The Kier molecular flexibility index (Phi) is 7.20. The van der Waals surface area contributed by atoms with E-state index in [4.69, 9.17) is 0 Å². The van der Waals surface area contributed by atoms with Crippen LogP contribution in [-0.2, 0) is 0 Å². The molecular formula is C15H33N3. The fourth-order valence-electron chi connectivity index (χ4n) is 2.92. The molecule has 0 aromatic heterocycles. The maximum atomic E-state index is 3.64. The van der Waals surface area contributed by atoms with Crippen molar-refractivity contribution >= 4 is 0 Å². The number of nitrogens with zero attached hydrogens (tertiary/aromatic N) is 2. The quantitative estimate of drug-likeness (QED) is 0.717. The van der Waals surface area contributed by atoms with Crippen LogP contribution in [0.1, 0.15) is 47.5 Å². The molecule has 18 heavy (non-hydrogen) atoms. The molecule has 0 amide bonds.